The second kappa shape index (κ2) is 9.78. The number of benzene rings is 1. The number of carboxylic acids is 4. The van der Waals surface area contributed by atoms with Gasteiger partial charge in [0.05, 0.1) is 11.1 Å². The van der Waals surface area contributed by atoms with Crippen LogP contribution in [0.15, 0.2) is 24.3 Å². The molecule has 12 nitrogen and oxygen atoms in total. The van der Waals surface area contributed by atoms with Crippen molar-refractivity contribution in [3.05, 3.63) is 35.4 Å². The summed E-state index contributed by atoms with van der Waals surface area (Å²) in [5, 5.41) is 43.5. The van der Waals surface area contributed by atoms with Gasteiger partial charge in [-0.25, -0.2) is 19.2 Å². The molecule has 0 aliphatic carbocycles. The van der Waals surface area contributed by atoms with Crippen LogP contribution in [0.5, 0.6) is 0 Å². The summed E-state index contributed by atoms with van der Waals surface area (Å²) in [6.45, 7) is 1.48. The van der Waals surface area contributed by atoms with Crippen molar-refractivity contribution in [2.24, 2.45) is 0 Å². The van der Waals surface area contributed by atoms with Gasteiger partial charge in [-0.05, 0) is 19.1 Å². The van der Waals surface area contributed by atoms with E-state index in [4.69, 9.17) is 25.5 Å². The molecule has 1 aromatic rings. The molecule has 0 bridgehead atoms. The Labute approximate surface area is 156 Å². The topological polar surface area (TPSA) is 213 Å². The number of carbonyl (C=O) groups is 6. The fourth-order valence-corrected chi connectivity index (χ4v) is 1.89. The number of aliphatic hydroxyl groups excluding tert-OH is 1. The van der Waals surface area contributed by atoms with Crippen molar-refractivity contribution in [2.45, 2.75) is 25.6 Å². The van der Waals surface area contributed by atoms with Crippen molar-refractivity contribution in [3.63, 3.8) is 0 Å². The molecular weight excluding hydrogens is 384 g/mol. The summed E-state index contributed by atoms with van der Waals surface area (Å²) >= 11 is 0. The highest BCUT2D eigenvalue weighted by molar-refractivity contribution is 6.11. The minimum Gasteiger partial charge on any atom is -0.479 e. The van der Waals surface area contributed by atoms with E-state index in [1.165, 1.54) is 24.3 Å². The number of aliphatic hydroxyl groups is 1. The van der Waals surface area contributed by atoms with Gasteiger partial charge in [-0.3, -0.25) is 9.59 Å². The molecule has 0 heterocycles. The van der Waals surface area contributed by atoms with E-state index in [2.05, 4.69) is 4.74 Å². The number of hydrogen-bond donors (Lipinski definition) is 5. The molecule has 12 heteroatoms. The van der Waals surface area contributed by atoms with E-state index in [-0.39, 0.29) is 11.1 Å². The van der Waals surface area contributed by atoms with Crippen molar-refractivity contribution in [1.29, 1.82) is 0 Å². The summed E-state index contributed by atoms with van der Waals surface area (Å²) in [4.78, 5) is 64.0. The minimum atomic E-state index is -3.11. The molecule has 1 rings (SSSR count). The maximum absolute atomic E-state index is 11.1. The van der Waals surface area contributed by atoms with Gasteiger partial charge >= 0.3 is 35.4 Å². The lowest BCUT2D eigenvalue weighted by Crippen LogP contribution is -2.60. The van der Waals surface area contributed by atoms with E-state index in [1.807, 2.05) is 0 Å². The molecule has 0 fully saturated rings. The molecule has 0 amide bonds. The molecule has 2 atom stereocenters. The van der Waals surface area contributed by atoms with Gasteiger partial charge in [-0.2, -0.15) is 0 Å². The highest BCUT2D eigenvalue weighted by Gasteiger charge is 2.57. The Hall–Kier alpha value is -3.80. The minimum absolute atomic E-state index is 0.190. The predicted molar refractivity (Wildman–Crippen MR) is 86.8 cm³/mol. The fraction of sp³-hybridized carbons (Fsp3) is 0.250. The number of hydrogen-bond acceptors (Lipinski definition) is 8. The average Bonchev–Trinajstić information content (AvgIpc) is 2.58. The van der Waals surface area contributed by atoms with Gasteiger partial charge in [0.2, 0.25) is 6.10 Å². The lowest BCUT2D eigenvalue weighted by molar-refractivity contribution is -0.198. The molecule has 0 spiro atoms. The molecule has 0 aromatic heterocycles. The summed E-state index contributed by atoms with van der Waals surface area (Å²) in [5.41, 5.74) is -3.49. The van der Waals surface area contributed by atoms with Crippen LogP contribution in [0, 0.1) is 0 Å². The standard InChI is InChI=1S/C8H10O8.C8H6O4/c1-3(9)8(7(14)15,16-4(2)10)5(11)6(12)13;9-7(10)5-3-1-2-4-6(5)8(11)12/h5,11H,1-2H3,(H,12,13)(H,14,15);1-4H,(H,9,10)(H,11,12). The predicted octanol–water partition coefficient (Wildman–Crippen LogP) is -0.510. The number of aliphatic carboxylic acids is 2. The molecule has 2 unspecified atom stereocenters. The van der Waals surface area contributed by atoms with Crippen molar-refractivity contribution in [1.82, 2.24) is 0 Å². The van der Waals surface area contributed by atoms with Gasteiger partial charge in [0.1, 0.15) is 0 Å². The fourth-order valence-electron chi connectivity index (χ4n) is 1.89. The van der Waals surface area contributed by atoms with Gasteiger partial charge in [-0.1, -0.05) is 12.1 Å². The molecule has 1 aromatic carbocycles. The van der Waals surface area contributed by atoms with Crippen LogP contribution in [-0.2, 0) is 23.9 Å². The van der Waals surface area contributed by atoms with Crippen LogP contribution in [0.4, 0.5) is 0 Å². The molecule has 0 saturated carbocycles. The highest BCUT2D eigenvalue weighted by atomic mass is 16.6. The SMILES string of the molecule is CC(=O)OC(C(C)=O)(C(=O)O)C(O)C(=O)O.O=C(O)c1ccccc1C(=O)O. The second-order valence-electron chi connectivity index (χ2n) is 5.09. The number of ether oxygens (including phenoxy) is 1. The highest BCUT2D eigenvalue weighted by Crippen LogP contribution is 2.20. The quantitative estimate of drug-likeness (QED) is 0.289. The Morgan fingerprint density at radius 1 is 0.857 bits per heavy atom. The van der Waals surface area contributed by atoms with Crippen LogP contribution in [0.1, 0.15) is 34.6 Å². The largest absolute Gasteiger partial charge is 0.479 e. The molecule has 0 radical (unpaired) electrons. The lowest BCUT2D eigenvalue weighted by atomic mass is 9.92. The summed E-state index contributed by atoms with van der Waals surface area (Å²) < 4.78 is 4.17. The Balaban J connectivity index is 0.000000540. The van der Waals surface area contributed by atoms with Crippen LogP contribution in [0.2, 0.25) is 0 Å². The van der Waals surface area contributed by atoms with Gasteiger partial charge < -0.3 is 30.3 Å². The number of carboxylic acid groups (broad SMARTS) is 4. The average molecular weight is 400 g/mol. The van der Waals surface area contributed by atoms with Crippen molar-refractivity contribution in [2.75, 3.05) is 0 Å². The zero-order valence-corrected chi connectivity index (χ0v) is 14.5. The van der Waals surface area contributed by atoms with E-state index < -0.39 is 47.3 Å². The Morgan fingerprint density at radius 3 is 1.46 bits per heavy atom. The molecule has 0 aliphatic rings. The number of rotatable bonds is 7. The number of Topliss-reactive ketones (excluding diaryl/α,β-unsaturated/α-hetero) is 1. The smallest absolute Gasteiger partial charge is 0.359 e. The molecule has 0 aliphatic heterocycles. The zero-order valence-electron chi connectivity index (χ0n) is 14.5. The number of ketones is 1. The van der Waals surface area contributed by atoms with Gasteiger partial charge in [0, 0.05) is 6.92 Å². The third-order valence-electron chi connectivity index (χ3n) is 3.15. The Bertz CT molecular complexity index is 763. The van der Waals surface area contributed by atoms with Crippen LogP contribution in [0.25, 0.3) is 0 Å². The Morgan fingerprint density at radius 2 is 1.25 bits per heavy atom. The molecular formula is C16H16O12. The normalized spacial score (nSPS) is 13.0. The van der Waals surface area contributed by atoms with E-state index in [0.717, 1.165) is 6.92 Å². The molecule has 28 heavy (non-hydrogen) atoms. The van der Waals surface area contributed by atoms with Crippen molar-refractivity contribution >= 4 is 35.6 Å². The maximum Gasteiger partial charge on any atom is 0.359 e. The van der Waals surface area contributed by atoms with Crippen molar-refractivity contribution < 1.29 is 59.0 Å². The molecule has 0 saturated heterocycles. The second-order valence-corrected chi connectivity index (χ2v) is 5.09. The van der Waals surface area contributed by atoms with Crippen LogP contribution in [-0.4, -0.2) is 72.9 Å². The first-order valence-electron chi connectivity index (χ1n) is 7.19. The first-order chi connectivity index (χ1) is 12.8. The monoisotopic (exact) mass is 400 g/mol. The lowest BCUT2D eigenvalue weighted by Gasteiger charge is -2.28. The first-order valence-corrected chi connectivity index (χ1v) is 7.19. The van der Waals surface area contributed by atoms with Gasteiger partial charge in [-0.15, -0.1) is 0 Å². The van der Waals surface area contributed by atoms with Crippen molar-refractivity contribution in [3.8, 4) is 0 Å². The number of aromatic carboxylic acids is 2. The summed E-state index contributed by atoms with van der Waals surface area (Å²) in [5.74, 6) is -8.99. The molecule has 5 N–H and O–H groups in total. The van der Waals surface area contributed by atoms with E-state index in [1.54, 1.807) is 0 Å². The zero-order chi connectivity index (χ0) is 22.2. The van der Waals surface area contributed by atoms with Gasteiger partial charge in [0.25, 0.3) is 0 Å². The number of carbonyl (C=O) groups excluding carboxylic acids is 2. The van der Waals surface area contributed by atoms with Crippen LogP contribution >= 0.6 is 0 Å². The van der Waals surface area contributed by atoms with E-state index in [9.17, 15) is 28.8 Å². The molecule has 152 valence electrons. The first kappa shape index (κ1) is 24.2. The van der Waals surface area contributed by atoms with Crippen LogP contribution < -0.4 is 0 Å². The van der Waals surface area contributed by atoms with E-state index in [0.29, 0.717) is 6.92 Å². The summed E-state index contributed by atoms with van der Waals surface area (Å²) in [6.07, 6.45) is -2.67. The third-order valence-corrected chi connectivity index (χ3v) is 3.15. The van der Waals surface area contributed by atoms with E-state index >= 15 is 0 Å². The Kier molecular flexibility index (Phi) is 8.45. The third kappa shape index (κ3) is 5.60. The number of esters is 1. The maximum atomic E-state index is 11.1. The summed E-state index contributed by atoms with van der Waals surface area (Å²) in [7, 11) is 0. The van der Waals surface area contributed by atoms with Gasteiger partial charge in [0.15, 0.2) is 5.78 Å². The van der Waals surface area contributed by atoms with Crippen LogP contribution in [0.3, 0.4) is 0 Å². The summed E-state index contributed by atoms with van der Waals surface area (Å²) in [6, 6.07) is 5.48.